The molecule has 0 aliphatic carbocycles. The number of amides is 1. The van der Waals surface area contributed by atoms with Crippen LogP contribution < -0.4 is 5.32 Å². The number of thiophene rings is 1. The number of carbonyl (C=O) groups excluding carboxylic acids is 1. The first-order valence-corrected chi connectivity index (χ1v) is 12.0. The van der Waals surface area contributed by atoms with Gasteiger partial charge in [0.2, 0.25) is 10.0 Å². The molecule has 3 rings (SSSR count). The van der Waals surface area contributed by atoms with Gasteiger partial charge in [0.25, 0.3) is 5.91 Å². The summed E-state index contributed by atoms with van der Waals surface area (Å²) in [4.78, 5) is 12.6. The van der Waals surface area contributed by atoms with Gasteiger partial charge < -0.3 is 5.32 Å². The maximum atomic E-state index is 12.8. The van der Waals surface area contributed by atoms with Gasteiger partial charge in [-0.25, -0.2) is 16.8 Å². The van der Waals surface area contributed by atoms with Crippen molar-refractivity contribution in [1.82, 2.24) is 9.62 Å². The van der Waals surface area contributed by atoms with Crippen molar-refractivity contribution in [2.24, 2.45) is 0 Å². The molecule has 1 N–H and O–H groups in total. The van der Waals surface area contributed by atoms with E-state index in [1.807, 2.05) is 0 Å². The minimum absolute atomic E-state index is 0.0211. The largest absolute Gasteiger partial charge is 0.348 e. The molecule has 2 aliphatic heterocycles. The molecule has 2 fully saturated rings. The Kier molecular flexibility index (Phi) is 5.01. The van der Waals surface area contributed by atoms with Crippen LogP contribution in [0.5, 0.6) is 0 Å². The van der Waals surface area contributed by atoms with Gasteiger partial charge >= 0.3 is 0 Å². The van der Waals surface area contributed by atoms with Gasteiger partial charge in [0.15, 0.2) is 9.84 Å². The van der Waals surface area contributed by atoms with Gasteiger partial charge in [-0.2, -0.15) is 4.31 Å². The van der Waals surface area contributed by atoms with Crippen LogP contribution in [0, 0.1) is 0 Å². The predicted molar refractivity (Wildman–Crippen MR) is 91.5 cm³/mol. The van der Waals surface area contributed by atoms with Crippen LogP contribution >= 0.6 is 11.3 Å². The number of hydrogen-bond acceptors (Lipinski definition) is 6. The molecule has 1 aromatic rings. The lowest BCUT2D eigenvalue weighted by molar-refractivity contribution is 0.0942. The average molecular weight is 393 g/mol. The number of nitrogens with zero attached hydrogens (tertiary/aromatic N) is 1. The monoisotopic (exact) mass is 392 g/mol. The number of sulfonamides is 1. The lowest BCUT2D eigenvalue weighted by Gasteiger charge is -2.25. The second kappa shape index (κ2) is 6.74. The summed E-state index contributed by atoms with van der Waals surface area (Å²) in [7, 11) is -6.79. The van der Waals surface area contributed by atoms with Crippen LogP contribution in [0.2, 0.25) is 0 Å². The van der Waals surface area contributed by atoms with Gasteiger partial charge in [0.1, 0.15) is 9.77 Å². The summed E-state index contributed by atoms with van der Waals surface area (Å²) in [5, 5.41) is 4.24. The minimum atomic E-state index is -3.69. The van der Waals surface area contributed by atoms with Crippen LogP contribution in [0.15, 0.2) is 16.3 Å². The van der Waals surface area contributed by atoms with Gasteiger partial charge in [0.05, 0.1) is 11.5 Å². The maximum Gasteiger partial charge on any atom is 0.262 e. The van der Waals surface area contributed by atoms with Gasteiger partial charge in [-0.05, 0) is 30.7 Å². The Morgan fingerprint density at radius 1 is 1.25 bits per heavy atom. The highest BCUT2D eigenvalue weighted by Crippen LogP contribution is 2.27. The quantitative estimate of drug-likeness (QED) is 0.818. The third-order valence-corrected chi connectivity index (χ3v) is 9.09. The van der Waals surface area contributed by atoms with E-state index < -0.39 is 31.8 Å². The summed E-state index contributed by atoms with van der Waals surface area (Å²) < 4.78 is 49.9. The van der Waals surface area contributed by atoms with Crippen LogP contribution in [0.1, 0.15) is 35.4 Å². The zero-order valence-corrected chi connectivity index (χ0v) is 15.6. The summed E-state index contributed by atoms with van der Waals surface area (Å²) in [5.41, 5.74) is 0. The molecule has 0 bridgehead atoms. The van der Waals surface area contributed by atoms with Crippen LogP contribution in [0.25, 0.3) is 0 Å². The number of nitrogens with one attached hydrogen (secondary N) is 1. The predicted octanol–water partition coefficient (Wildman–Crippen LogP) is 0.840. The molecule has 3 heterocycles. The molecule has 0 spiro atoms. The third kappa shape index (κ3) is 3.66. The number of piperidine rings is 1. The zero-order valence-electron chi connectivity index (χ0n) is 13.1. The van der Waals surface area contributed by atoms with Crippen LogP contribution in [-0.4, -0.2) is 57.7 Å². The second-order valence-electron chi connectivity index (χ2n) is 6.15. The molecular formula is C14H20N2O5S3. The van der Waals surface area contributed by atoms with Gasteiger partial charge in [0, 0.05) is 19.1 Å². The molecule has 24 heavy (non-hydrogen) atoms. The first-order chi connectivity index (χ1) is 11.3. The Morgan fingerprint density at radius 3 is 2.58 bits per heavy atom. The fourth-order valence-electron chi connectivity index (χ4n) is 3.07. The molecule has 0 radical (unpaired) electrons. The summed E-state index contributed by atoms with van der Waals surface area (Å²) in [6.45, 7) is 0.945. The third-order valence-electron chi connectivity index (χ3n) is 4.34. The van der Waals surface area contributed by atoms with Crippen molar-refractivity contribution in [1.29, 1.82) is 0 Å². The molecule has 10 heteroatoms. The maximum absolute atomic E-state index is 12.8. The summed E-state index contributed by atoms with van der Waals surface area (Å²) >= 11 is 1.06. The molecule has 2 aliphatic rings. The molecule has 0 aromatic carbocycles. The molecule has 7 nitrogen and oxygen atoms in total. The molecule has 134 valence electrons. The number of rotatable bonds is 4. The van der Waals surface area contributed by atoms with Crippen LogP contribution in [-0.2, 0) is 19.9 Å². The Bertz CT molecular complexity index is 822. The van der Waals surface area contributed by atoms with E-state index in [1.165, 1.54) is 10.4 Å². The highest BCUT2D eigenvalue weighted by Gasteiger charge is 2.33. The molecule has 2 saturated heterocycles. The van der Waals surface area contributed by atoms with E-state index in [0.29, 0.717) is 19.5 Å². The molecule has 1 amide bonds. The van der Waals surface area contributed by atoms with E-state index in [1.54, 1.807) is 5.38 Å². The van der Waals surface area contributed by atoms with E-state index in [9.17, 15) is 21.6 Å². The van der Waals surface area contributed by atoms with Crippen molar-refractivity contribution in [2.45, 2.75) is 36.6 Å². The highest BCUT2D eigenvalue weighted by molar-refractivity contribution is 7.91. The topological polar surface area (TPSA) is 101 Å². The summed E-state index contributed by atoms with van der Waals surface area (Å²) in [6.07, 6.45) is 3.03. The fraction of sp³-hybridized carbons (Fsp3) is 0.643. The van der Waals surface area contributed by atoms with Crippen molar-refractivity contribution in [3.05, 3.63) is 16.3 Å². The summed E-state index contributed by atoms with van der Waals surface area (Å²) in [6, 6.07) is 1.00. The van der Waals surface area contributed by atoms with E-state index in [-0.39, 0.29) is 21.3 Å². The number of hydrogen-bond donors (Lipinski definition) is 1. The van der Waals surface area contributed by atoms with Crippen molar-refractivity contribution in [3.8, 4) is 0 Å². The van der Waals surface area contributed by atoms with E-state index in [0.717, 1.165) is 30.6 Å². The summed E-state index contributed by atoms with van der Waals surface area (Å²) in [5.74, 6) is -0.540. The van der Waals surface area contributed by atoms with Crippen molar-refractivity contribution < 1.29 is 21.6 Å². The Morgan fingerprint density at radius 2 is 1.96 bits per heavy atom. The van der Waals surface area contributed by atoms with Crippen molar-refractivity contribution in [2.75, 3.05) is 24.6 Å². The molecule has 1 atom stereocenters. The van der Waals surface area contributed by atoms with Crippen LogP contribution in [0.3, 0.4) is 0 Å². The first-order valence-electron chi connectivity index (χ1n) is 7.88. The smallest absolute Gasteiger partial charge is 0.262 e. The van der Waals surface area contributed by atoms with Crippen molar-refractivity contribution in [3.63, 3.8) is 0 Å². The zero-order chi connectivity index (χ0) is 17.4. The average Bonchev–Trinajstić information content (AvgIpc) is 3.15. The van der Waals surface area contributed by atoms with Gasteiger partial charge in [-0.1, -0.05) is 6.42 Å². The van der Waals surface area contributed by atoms with E-state index in [2.05, 4.69) is 5.32 Å². The lowest BCUT2D eigenvalue weighted by atomic mass is 10.2. The van der Waals surface area contributed by atoms with Gasteiger partial charge in [-0.3, -0.25) is 4.79 Å². The standard InChI is InChI=1S/C14H20N2O5S3/c17-14(15-11-5-9-23(18,19)10-11)13-12(4-8-22-13)24(20,21)16-6-2-1-3-7-16/h4,8,11H,1-3,5-7,9-10H2,(H,15,17). The minimum Gasteiger partial charge on any atom is -0.348 e. The second-order valence-corrected chi connectivity index (χ2v) is 11.2. The van der Waals surface area contributed by atoms with E-state index >= 15 is 0 Å². The van der Waals surface area contributed by atoms with Crippen LogP contribution in [0.4, 0.5) is 0 Å². The number of sulfone groups is 1. The normalized spacial score (nSPS) is 24.8. The first kappa shape index (κ1) is 17.8. The molecule has 0 saturated carbocycles. The highest BCUT2D eigenvalue weighted by atomic mass is 32.2. The van der Waals surface area contributed by atoms with Crippen molar-refractivity contribution >= 4 is 37.1 Å². The molecular weight excluding hydrogens is 372 g/mol. The number of carbonyl (C=O) groups is 1. The molecule has 1 unspecified atom stereocenters. The Hall–Kier alpha value is -0.970. The lowest BCUT2D eigenvalue weighted by Crippen LogP contribution is -2.38. The Balaban J connectivity index is 1.78. The SMILES string of the molecule is O=C(NC1CCS(=O)(=O)C1)c1sccc1S(=O)(=O)N1CCCCC1. The Labute approximate surface area is 146 Å². The molecule has 1 aromatic heterocycles. The van der Waals surface area contributed by atoms with Gasteiger partial charge in [-0.15, -0.1) is 11.3 Å². The van der Waals surface area contributed by atoms with E-state index in [4.69, 9.17) is 0 Å². The fourth-order valence-corrected chi connectivity index (χ4v) is 7.56.